The van der Waals surface area contributed by atoms with Crippen LogP contribution in [0, 0.1) is 13.8 Å². The molecule has 4 rings (SSSR count). The third-order valence-corrected chi connectivity index (χ3v) is 3.45. The summed E-state index contributed by atoms with van der Waals surface area (Å²) in [4.78, 5) is 4.47. The first kappa shape index (κ1) is 12.8. The summed E-state index contributed by atoms with van der Waals surface area (Å²) < 4.78 is 17.2. The van der Waals surface area contributed by atoms with Crippen LogP contribution in [0.2, 0.25) is 0 Å². The van der Waals surface area contributed by atoms with E-state index in [-0.39, 0.29) is 6.79 Å². The Labute approximate surface area is 125 Å². The van der Waals surface area contributed by atoms with Gasteiger partial charge in [-0.3, -0.25) is 0 Å². The first-order valence-corrected chi connectivity index (χ1v) is 6.81. The number of hydrogen-bond donors (Lipinski definition) is 0. The van der Waals surface area contributed by atoms with Crippen LogP contribution in [-0.4, -0.2) is 31.9 Å². The van der Waals surface area contributed by atoms with Crippen LogP contribution >= 0.6 is 0 Å². The molecule has 3 aromatic rings. The highest BCUT2D eigenvalue weighted by Crippen LogP contribution is 2.33. The fourth-order valence-corrected chi connectivity index (χ4v) is 2.36. The third-order valence-electron chi connectivity index (χ3n) is 3.45. The summed E-state index contributed by atoms with van der Waals surface area (Å²) in [6.07, 6.45) is 0.491. The first-order valence-electron chi connectivity index (χ1n) is 6.81. The molecular weight excluding hydrogens is 286 g/mol. The van der Waals surface area contributed by atoms with Gasteiger partial charge in [0.2, 0.25) is 6.79 Å². The topological polar surface area (TPSA) is 88.1 Å². The maximum atomic E-state index is 5.41. The summed E-state index contributed by atoms with van der Waals surface area (Å²) in [7, 11) is 0. The Bertz CT molecular complexity index is 839. The Morgan fingerprint density at radius 1 is 1.14 bits per heavy atom. The highest BCUT2D eigenvalue weighted by molar-refractivity contribution is 5.50. The molecule has 8 heteroatoms. The van der Waals surface area contributed by atoms with Gasteiger partial charge in [0.05, 0.1) is 12.1 Å². The molecule has 0 radical (unpaired) electrons. The predicted molar refractivity (Wildman–Crippen MR) is 74.1 cm³/mol. The summed E-state index contributed by atoms with van der Waals surface area (Å²) >= 11 is 0. The molecule has 3 heterocycles. The van der Waals surface area contributed by atoms with E-state index in [1.165, 1.54) is 0 Å². The molecule has 0 fully saturated rings. The van der Waals surface area contributed by atoms with Gasteiger partial charge in [-0.25, -0.2) is 14.3 Å². The van der Waals surface area contributed by atoms with Crippen LogP contribution in [0.1, 0.15) is 23.0 Å². The molecule has 112 valence electrons. The number of aromatic nitrogens is 5. The van der Waals surface area contributed by atoms with E-state index < -0.39 is 0 Å². The van der Waals surface area contributed by atoms with Crippen LogP contribution in [0.25, 0.3) is 5.69 Å². The molecule has 22 heavy (non-hydrogen) atoms. The molecule has 0 bridgehead atoms. The van der Waals surface area contributed by atoms with E-state index in [2.05, 4.69) is 20.4 Å². The minimum Gasteiger partial charge on any atom is -0.454 e. The lowest BCUT2D eigenvalue weighted by Crippen LogP contribution is -2.05. The number of nitrogens with zero attached hydrogens (tertiary/aromatic N) is 5. The van der Waals surface area contributed by atoms with E-state index in [0.29, 0.717) is 18.0 Å². The molecule has 0 saturated carbocycles. The van der Waals surface area contributed by atoms with Crippen molar-refractivity contribution >= 4 is 0 Å². The predicted octanol–water partition coefficient (Wildman–Crippen LogP) is 1.59. The Morgan fingerprint density at radius 3 is 2.82 bits per heavy atom. The molecule has 2 aromatic heterocycles. The zero-order chi connectivity index (χ0) is 15.1. The second-order valence-electron chi connectivity index (χ2n) is 5.00. The number of hydrogen-bond acceptors (Lipinski definition) is 7. The van der Waals surface area contributed by atoms with Gasteiger partial charge in [0.15, 0.2) is 11.5 Å². The summed E-state index contributed by atoms with van der Waals surface area (Å²) in [5.41, 5.74) is 2.35. The van der Waals surface area contributed by atoms with Crippen LogP contribution in [0.5, 0.6) is 11.5 Å². The van der Waals surface area contributed by atoms with Gasteiger partial charge in [0, 0.05) is 6.07 Å². The standard InChI is InChI=1S/C14H13N5O3/c1-8-11(18-22-17-8)6-14-15-9(2)16-19(14)10-3-4-12-13(5-10)21-7-20-12/h3-5H,6-7H2,1-2H3. The van der Waals surface area contributed by atoms with Crippen molar-refractivity contribution in [2.45, 2.75) is 20.3 Å². The second-order valence-corrected chi connectivity index (χ2v) is 5.00. The molecule has 1 aliphatic rings. The highest BCUT2D eigenvalue weighted by Gasteiger charge is 2.18. The third kappa shape index (κ3) is 2.09. The van der Waals surface area contributed by atoms with Crippen molar-refractivity contribution < 1.29 is 14.1 Å². The van der Waals surface area contributed by atoms with Gasteiger partial charge in [-0.15, -0.1) is 0 Å². The lowest BCUT2D eigenvalue weighted by molar-refractivity contribution is 0.174. The van der Waals surface area contributed by atoms with Crippen LogP contribution in [0.15, 0.2) is 22.8 Å². The van der Waals surface area contributed by atoms with Crippen molar-refractivity contribution in [1.29, 1.82) is 0 Å². The van der Waals surface area contributed by atoms with Gasteiger partial charge >= 0.3 is 0 Å². The van der Waals surface area contributed by atoms with Crippen LogP contribution in [-0.2, 0) is 6.42 Å². The van der Waals surface area contributed by atoms with Crippen molar-refractivity contribution in [2.75, 3.05) is 6.79 Å². The smallest absolute Gasteiger partial charge is 0.231 e. The van der Waals surface area contributed by atoms with E-state index in [9.17, 15) is 0 Å². The maximum absolute atomic E-state index is 5.41. The second kappa shape index (κ2) is 4.83. The average Bonchev–Trinajstić information content (AvgIpc) is 3.20. The SMILES string of the molecule is Cc1nc(Cc2nonc2C)n(-c2ccc3c(c2)OCO3)n1. The molecule has 0 N–H and O–H groups in total. The molecule has 1 aromatic carbocycles. The Balaban J connectivity index is 1.74. The summed E-state index contributed by atoms with van der Waals surface area (Å²) in [5.74, 6) is 2.88. The Hall–Kier alpha value is -2.90. The van der Waals surface area contributed by atoms with Crippen molar-refractivity contribution in [3.05, 3.63) is 41.2 Å². The van der Waals surface area contributed by atoms with Crippen molar-refractivity contribution in [3.63, 3.8) is 0 Å². The molecule has 0 amide bonds. The molecule has 0 aliphatic carbocycles. The Kier molecular flexibility index (Phi) is 2.81. The summed E-state index contributed by atoms with van der Waals surface area (Å²) in [5, 5.41) is 12.1. The number of rotatable bonds is 3. The fourth-order valence-electron chi connectivity index (χ4n) is 2.36. The van der Waals surface area contributed by atoms with Crippen LogP contribution in [0.4, 0.5) is 0 Å². The number of benzene rings is 1. The van der Waals surface area contributed by atoms with E-state index in [4.69, 9.17) is 14.1 Å². The van der Waals surface area contributed by atoms with E-state index in [0.717, 1.165) is 28.6 Å². The highest BCUT2D eigenvalue weighted by atomic mass is 16.7. The van der Waals surface area contributed by atoms with E-state index in [1.54, 1.807) is 4.68 Å². The number of ether oxygens (including phenoxy) is 2. The van der Waals surface area contributed by atoms with Gasteiger partial charge in [0.1, 0.15) is 23.0 Å². The number of aryl methyl sites for hydroxylation is 2. The largest absolute Gasteiger partial charge is 0.454 e. The quantitative estimate of drug-likeness (QED) is 0.725. The average molecular weight is 299 g/mol. The van der Waals surface area contributed by atoms with Gasteiger partial charge < -0.3 is 9.47 Å². The lowest BCUT2D eigenvalue weighted by Gasteiger charge is -2.06. The lowest BCUT2D eigenvalue weighted by atomic mass is 10.2. The Morgan fingerprint density at radius 2 is 2.00 bits per heavy atom. The summed E-state index contributed by atoms with van der Waals surface area (Å²) in [6.45, 7) is 3.94. The maximum Gasteiger partial charge on any atom is 0.231 e. The van der Waals surface area contributed by atoms with E-state index >= 15 is 0 Å². The van der Waals surface area contributed by atoms with Gasteiger partial charge in [0.25, 0.3) is 0 Å². The zero-order valence-electron chi connectivity index (χ0n) is 12.1. The van der Waals surface area contributed by atoms with Gasteiger partial charge in [-0.05, 0) is 26.0 Å². The minimum absolute atomic E-state index is 0.242. The molecule has 1 aliphatic heterocycles. The van der Waals surface area contributed by atoms with Crippen molar-refractivity contribution in [3.8, 4) is 17.2 Å². The van der Waals surface area contributed by atoms with Crippen molar-refractivity contribution in [2.24, 2.45) is 0 Å². The first-order chi connectivity index (χ1) is 10.7. The minimum atomic E-state index is 0.242. The molecular formula is C14H13N5O3. The molecule has 0 unspecified atom stereocenters. The molecule has 0 saturated heterocycles. The molecule has 0 spiro atoms. The molecule has 8 nitrogen and oxygen atoms in total. The van der Waals surface area contributed by atoms with Gasteiger partial charge in [-0.1, -0.05) is 10.3 Å². The molecule has 0 atom stereocenters. The number of fused-ring (bicyclic) bond motifs is 1. The summed E-state index contributed by atoms with van der Waals surface area (Å²) in [6, 6.07) is 5.66. The van der Waals surface area contributed by atoms with E-state index in [1.807, 2.05) is 32.0 Å². The zero-order valence-corrected chi connectivity index (χ0v) is 12.1. The fraction of sp³-hybridized carbons (Fsp3) is 0.286. The van der Waals surface area contributed by atoms with Gasteiger partial charge in [-0.2, -0.15) is 5.10 Å². The van der Waals surface area contributed by atoms with Crippen molar-refractivity contribution in [1.82, 2.24) is 25.1 Å². The normalized spacial score (nSPS) is 12.8. The van der Waals surface area contributed by atoms with Crippen LogP contribution < -0.4 is 9.47 Å². The monoisotopic (exact) mass is 299 g/mol. The van der Waals surface area contributed by atoms with Crippen LogP contribution in [0.3, 0.4) is 0 Å².